The molecule has 0 bridgehead atoms. The van der Waals surface area contributed by atoms with Gasteiger partial charge in [-0.05, 0) is 91.1 Å². The lowest BCUT2D eigenvalue weighted by atomic mass is 10.0. The largest absolute Gasteiger partial charge is 0.497 e. The quantitative estimate of drug-likeness (QED) is 0.113. The number of carbonyl (C=O) groups is 1. The van der Waals surface area contributed by atoms with E-state index in [0.717, 1.165) is 28.2 Å². The molecule has 1 aliphatic rings. The van der Waals surface area contributed by atoms with Gasteiger partial charge in [0.1, 0.15) is 29.0 Å². The van der Waals surface area contributed by atoms with E-state index in [0.29, 0.717) is 61.1 Å². The predicted octanol–water partition coefficient (Wildman–Crippen LogP) is 8.51. The first-order chi connectivity index (χ1) is 28.4. The van der Waals surface area contributed by atoms with Crippen LogP contribution in [0.3, 0.4) is 0 Å². The molecule has 4 heterocycles. The zero-order valence-corrected chi connectivity index (χ0v) is 34.8. The van der Waals surface area contributed by atoms with Crippen LogP contribution in [0.5, 0.6) is 11.5 Å². The zero-order chi connectivity index (χ0) is 42.0. The Morgan fingerprint density at radius 3 is 2.14 bits per heavy atom. The molecule has 6 aromatic rings. The van der Waals surface area contributed by atoms with Gasteiger partial charge < -0.3 is 24.2 Å². The van der Waals surface area contributed by atoms with E-state index in [4.69, 9.17) is 36.0 Å². The van der Waals surface area contributed by atoms with E-state index in [-0.39, 0.29) is 39.8 Å². The number of nitrogens with zero attached hydrogens (tertiary/aromatic N) is 7. The maximum Gasteiger partial charge on any atom is 0.355 e. The van der Waals surface area contributed by atoms with Crippen molar-refractivity contribution in [2.45, 2.75) is 52.7 Å². The van der Waals surface area contributed by atoms with Gasteiger partial charge in [0.15, 0.2) is 5.65 Å². The lowest BCUT2D eigenvalue weighted by Crippen LogP contribution is -2.54. The molecule has 0 unspecified atom stereocenters. The molecule has 0 radical (unpaired) electrons. The Morgan fingerprint density at radius 2 is 1.58 bits per heavy atom. The summed E-state index contributed by atoms with van der Waals surface area (Å²) < 4.78 is 27.7. The fourth-order valence-corrected chi connectivity index (χ4v) is 7.87. The number of rotatable bonds is 12. The number of aryl methyl sites for hydroxylation is 1. The van der Waals surface area contributed by atoms with Crippen molar-refractivity contribution >= 4 is 40.2 Å². The summed E-state index contributed by atoms with van der Waals surface area (Å²) in [6.07, 6.45) is 1.30. The van der Waals surface area contributed by atoms with E-state index in [1.54, 1.807) is 43.4 Å². The molecule has 59 heavy (non-hydrogen) atoms. The van der Waals surface area contributed by atoms with Gasteiger partial charge in [-0.1, -0.05) is 68.4 Å². The zero-order valence-electron chi connectivity index (χ0n) is 34.1. The number of methoxy groups -OCH3 is 2. The van der Waals surface area contributed by atoms with E-state index in [9.17, 15) is 9.59 Å². The molecule has 1 fully saturated rings. The Hall–Kier alpha value is -6.27. The van der Waals surface area contributed by atoms with Gasteiger partial charge in [0.05, 0.1) is 41.7 Å². The first-order valence-corrected chi connectivity index (χ1v) is 19.9. The number of pyridine rings is 2. The number of anilines is 2. The van der Waals surface area contributed by atoms with Crippen molar-refractivity contribution in [1.29, 1.82) is 0 Å². The molecule has 0 spiro atoms. The highest BCUT2D eigenvalue weighted by Crippen LogP contribution is 2.37. The van der Waals surface area contributed by atoms with Gasteiger partial charge in [-0.15, -0.1) is 0 Å². The van der Waals surface area contributed by atoms with Crippen molar-refractivity contribution in [3.05, 3.63) is 141 Å². The summed E-state index contributed by atoms with van der Waals surface area (Å²) in [5.74, 6) is 1.81. The Labute approximate surface area is 348 Å². The third kappa shape index (κ3) is 8.36. The van der Waals surface area contributed by atoms with E-state index >= 15 is 4.39 Å². The minimum absolute atomic E-state index is 0.150. The van der Waals surface area contributed by atoms with Crippen molar-refractivity contribution in [2.75, 3.05) is 43.7 Å². The summed E-state index contributed by atoms with van der Waals surface area (Å²) in [5, 5.41) is 0.704. The number of halogens is 2. The number of benzene rings is 3. The van der Waals surface area contributed by atoms with Crippen LogP contribution in [0.25, 0.3) is 28.0 Å². The number of fused-ring (bicyclic) bond motifs is 1. The Balaban J connectivity index is 1.42. The van der Waals surface area contributed by atoms with Crippen LogP contribution in [0.1, 0.15) is 49.1 Å². The number of hydrogen-bond acceptors (Lipinski definition) is 9. The minimum Gasteiger partial charge on any atom is -0.497 e. The maximum atomic E-state index is 15.4. The molecule has 1 atom stereocenters. The number of amides is 1. The molecule has 1 saturated heterocycles. The van der Waals surface area contributed by atoms with Gasteiger partial charge in [-0.3, -0.25) is 4.79 Å². The van der Waals surface area contributed by atoms with Crippen LogP contribution in [-0.4, -0.2) is 70.2 Å². The van der Waals surface area contributed by atoms with Crippen LogP contribution < -0.4 is 25.0 Å². The van der Waals surface area contributed by atoms with Crippen molar-refractivity contribution in [3.63, 3.8) is 0 Å². The van der Waals surface area contributed by atoms with Gasteiger partial charge in [-0.2, -0.15) is 4.98 Å². The molecule has 0 saturated carbocycles. The maximum absolute atomic E-state index is 15.4. The standard InChI is InChI=1S/C46H47ClFN7O4/c1-8-40(56)52-21-22-54(30(5)25-52)44-36-24-37(47)42(35-11-9-10-12-38(35)48)50-45(36)55(46(57)51-44)43-29(4)23-39(49-41(43)28(2)3)53(26-31-13-17-33(58-6)18-14-31)27-32-15-19-34(59-7)20-16-32/h8-20,23-24,28,30H,1,21-22,25-27H2,2-7H3/t30-/m0/s1. The van der Waals surface area contributed by atoms with Crippen molar-refractivity contribution in [1.82, 2.24) is 24.4 Å². The summed E-state index contributed by atoms with van der Waals surface area (Å²) in [4.78, 5) is 48.2. The summed E-state index contributed by atoms with van der Waals surface area (Å²) in [5.41, 5.74) is 4.14. The highest BCUT2D eigenvalue weighted by atomic mass is 35.5. The molecule has 0 aliphatic carbocycles. The van der Waals surface area contributed by atoms with Gasteiger partial charge in [0.2, 0.25) is 5.91 Å². The van der Waals surface area contributed by atoms with Crippen molar-refractivity contribution < 1.29 is 18.7 Å². The predicted molar refractivity (Wildman–Crippen MR) is 232 cm³/mol. The Morgan fingerprint density at radius 1 is 0.949 bits per heavy atom. The third-order valence-corrected chi connectivity index (χ3v) is 11.0. The molecule has 1 aliphatic heterocycles. The fraction of sp³-hybridized carbons (Fsp3) is 0.283. The number of hydrogen-bond donors (Lipinski definition) is 0. The first kappa shape index (κ1) is 40.9. The molecular weight excluding hydrogens is 769 g/mol. The number of aromatic nitrogens is 4. The highest BCUT2D eigenvalue weighted by molar-refractivity contribution is 6.33. The molecule has 3 aromatic carbocycles. The van der Waals surface area contributed by atoms with E-state index < -0.39 is 11.5 Å². The van der Waals surface area contributed by atoms with Gasteiger partial charge in [0.25, 0.3) is 0 Å². The average Bonchev–Trinajstić information content (AvgIpc) is 3.23. The van der Waals surface area contributed by atoms with Crippen LogP contribution in [0, 0.1) is 12.7 Å². The summed E-state index contributed by atoms with van der Waals surface area (Å²) in [6.45, 7) is 13.9. The normalized spacial score (nSPS) is 14.2. The first-order valence-electron chi connectivity index (χ1n) is 19.5. The van der Waals surface area contributed by atoms with E-state index in [2.05, 4.69) is 11.5 Å². The molecule has 3 aromatic heterocycles. The second-order valence-corrected chi connectivity index (χ2v) is 15.4. The minimum atomic E-state index is -0.577. The highest BCUT2D eigenvalue weighted by Gasteiger charge is 2.31. The molecule has 7 rings (SSSR count). The van der Waals surface area contributed by atoms with Crippen LogP contribution in [0.2, 0.25) is 5.02 Å². The van der Waals surface area contributed by atoms with Crippen LogP contribution >= 0.6 is 11.6 Å². The van der Waals surface area contributed by atoms with E-state index in [1.165, 1.54) is 16.7 Å². The Kier molecular flexibility index (Phi) is 12.0. The smallest absolute Gasteiger partial charge is 0.355 e. The summed E-state index contributed by atoms with van der Waals surface area (Å²) >= 11 is 6.96. The lowest BCUT2D eigenvalue weighted by Gasteiger charge is -2.40. The topological polar surface area (TPSA) is 106 Å². The number of ether oxygens (including phenoxy) is 2. The summed E-state index contributed by atoms with van der Waals surface area (Å²) in [7, 11) is 3.29. The third-order valence-electron chi connectivity index (χ3n) is 10.7. The van der Waals surface area contributed by atoms with Gasteiger partial charge in [0, 0.05) is 44.3 Å². The molecule has 11 nitrogen and oxygen atoms in total. The van der Waals surface area contributed by atoms with Crippen LogP contribution in [-0.2, 0) is 17.9 Å². The molecular formula is C46H47ClFN7O4. The van der Waals surface area contributed by atoms with E-state index in [1.807, 2.05) is 87.2 Å². The molecule has 304 valence electrons. The fourth-order valence-electron chi connectivity index (χ4n) is 7.62. The average molecular weight is 816 g/mol. The van der Waals surface area contributed by atoms with Crippen LogP contribution in [0.15, 0.2) is 102 Å². The molecule has 13 heteroatoms. The van der Waals surface area contributed by atoms with Gasteiger partial charge >= 0.3 is 5.69 Å². The van der Waals surface area contributed by atoms with Crippen LogP contribution in [0.4, 0.5) is 16.0 Å². The van der Waals surface area contributed by atoms with Crippen molar-refractivity contribution in [3.8, 4) is 28.4 Å². The number of carbonyl (C=O) groups excluding carboxylic acids is 1. The summed E-state index contributed by atoms with van der Waals surface area (Å²) in [6, 6.07) is 25.6. The molecule has 0 N–H and O–H groups in total. The lowest BCUT2D eigenvalue weighted by molar-refractivity contribution is -0.126. The Bertz CT molecular complexity index is 2530. The second kappa shape index (κ2) is 17.3. The SMILES string of the molecule is C=CC(=O)N1CCN(c2nc(=O)n(-c3c(C)cc(N(Cc4ccc(OC)cc4)Cc4ccc(OC)cc4)nc3C(C)C)c3nc(-c4ccccc4F)c(Cl)cc23)[C@@H](C)C1. The molecule has 1 amide bonds. The second-order valence-electron chi connectivity index (χ2n) is 15.0. The van der Waals surface area contributed by atoms with Crippen molar-refractivity contribution in [2.24, 2.45) is 0 Å². The van der Waals surface area contributed by atoms with Gasteiger partial charge in [-0.25, -0.2) is 23.7 Å². The number of piperazine rings is 1. The monoisotopic (exact) mass is 815 g/mol.